The van der Waals surface area contributed by atoms with Crippen LogP contribution in [0.25, 0.3) is 0 Å². The number of carboxylic acids is 1. The summed E-state index contributed by atoms with van der Waals surface area (Å²) in [7, 11) is 1.98. The molecule has 20 heavy (non-hydrogen) atoms. The molecule has 3 N–H and O–H groups in total. The second-order valence-corrected chi connectivity index (χ2v) is 6.59. The molecule has 1 aromatic carbocycles. The van der Waals surface area contributed by atoms with Crippen LogP contribution in [0.15, 0.2) is 18.2 Å². The van der Waals surface area contributed by atoms with Gasteiger partial charge in [0.25, 0.3) is 0 Å². The molecule has 1 aliphatic rings. The number of rotatable bonds is 3. The van der Waals surface area contributed by atoms with E-state index in [1.165, 1.54) is 12.8 Å². The summed E-state index contributed by atoms with van der Waals surface area (Å²) in [5.74, 6) is -0.900. The number of carbonyl (C=O) groups is 1. The third-order valence-electron chi connectivity index (χ3n) is 4.49. The Bertz CT molecular complexity index is 501. The lowest BCUT2D eigenvalue weighted by molar-refractivity contribution is 0.0697. The van der Waals surface area contributed by atoms with Gasteiger partial charge in [0.15, 0.2) is 0 Å². The summed E-state index contributed by atoms with van der Waals surface area (Å²) in [6.45, 7) is 4.60. The highest BCUT2D eigenvalue weighted by atomic mass is 16.4. The highest BCUT2D eigenvalue weighted by Crippen LogP contribution is 2.38. The minimum atomic E-state index is -0.900. The van der Waals surface area contributed by atoms with E-state index in [1.54, 1.807) is 18.2 Å². The number of carboxylic acid groups (broad SMARTS) is 1. The lowest BCUT2D eigenvalue weighted by Gasteiger charge is -2.40. The summed E-state index contributed by atoms with van der Waals surface area (Å²) in [4.78, 5) is 13.4. The number of aromatic carboxylic acids is 1. The third kappa shape index (κ3) is 3.06. The molecule has 0 heterocycles. The minimum absolute atomic E-state index is 0.325. The van der Waals surface area contributed by atoms with Gasteiger partial charge in [0, 0.05) is 18.8 Å². The van der Waals surface area contributed by atoms with E-state index < -0.39 is 5.97 Å². The van der Waals surface area contributed by atoms with Crippen LogP contribution in [-0.4, -0.2) is 24.2 Å². The molecule has 1 fully saturated rings. The van der Waals surface area contributed by atoms with Crippen LogP contribution in [0, 0.1) is 5.41 Å². The van der Waals surface area contributed by atoms with Gasteiger partial charge in [-0.05, 0) is 49.3 Å². The SMILES string of the molecule is CN(c1cc(N)ccc1C(=O)O)C1CCC(C)(C)CC1. The van der Waals surface area contributed by atoms with Gasteiger partial charge in [0.2, 0.25) is 0 Å². The van der Waals surface area contributed by atoms with Gasteiger partial charge in [-0.15, -0.1) is 0 Å². The van der Waals surface area contributed by atoms with Crippen LogP contribution in [0.2, 0.25) is 0 Å². The van der Waals surface area contributed by atoms with Crippen LogP contribution in [0.1, 0.15) is 49.9 Å². The molecular formula is C16H24N2O2. The van der Waals surface area contributed by atoms with Gasteiger partial charge in [-0.25, -0.2) is 4.79 Å². The van der Waals surface area contributed by atoms with E-state index in [4.69, 9.17) is 5.73 Å². The average Bonchev–Trinajstić information content (AvgIpc) is 2.37. The van der Waals surface area contributed by atoms with Gasteiger partial charge >= 0.3 is 5.97 Å². The molecule has 0 saturated heterocycles. The molecule has 110 valence electrons. The molecule has 0 unspecified atom stereocenters. The number of nitrogen functional groups attached to an aromatic ring is 1. The van der Waals surface area contributed by atoms with E-state index in [0.717, 1.165) is 18.5 Å². The van der Waals surface area contributed by atoms with Crippen molar-refractivity contribution < 1.29 is 9.90 Å². The molecular weight excluding hydrogens is 252 g/mol. The van der Waals surface area contributed by atoms with Gasteiger partial charge < -0.3 is 15.7 Å². The maximum atomic E-state index is 11.4. The second kappa shape index (κ2) is 5.35. The molecule has 2 rings (SSSR count). The van der Waals surface area contributed by atoms with Crippen LogP contribution < -0.4 is 10.6 Å². The highest BCUT2D eigenvalue weighted by molar-refractivity contribution is 5.95. The fraction of sp³-hybridized carbons (Fsp3) is 0.562. The maximum Gasteiger partial charge on any atom is 0.337 e. The fourth-order valence-corrected chi connectivity index (χ4v) is 2.99. The molecule has 4 nitrogen and oxygen atoms in total. The molecule has 0 bridgehead atoms. The number of nitrogens with zero attached hydrogens (tertiary/aromatic N) is 1. The first-order valence-corrected chi connectivity index (χ1v) is 7.16. The summed E-state index contributed by atoms with van der Waals surface area (Å²) in [6, 6.07) is 5.40. The van der Waals surface area contributed by atoms with Crippen LogP contribution in [0.5, 0.6) is 0 Å². The van der Waals surface area contributed by atoms with Crippen LogP contribution in [-0.2, 0) is 0 Å². The summed E-state index contributed by atoms with van der Waals surface area (Å²) in [5, 5.41) is 9.32. The summed E-state index contributed by atoms with van der Waals surface area (Å²) in [6.07, 6.45) is 4.54. The van der Waals surface area contributed by atoms with Crippen molar-refractivity contribution in [2.75, 3.05) is 17.7 Å². The molecule has 0 amide bonds. The normalized spacial score (nSPS) is 18.8. The zero-order chi connectivity index (χ0) is 14.9. The highest BCUT2D eigenvalue weighted by Gasteiger charge is 2.30. The van der Waals surface area contributed by atoms with Gasteiger partial charge in [-0.3, -0.25) is 0 Å². The molecule has 1 aromatic rings. The lowest BCUT2D eigenvalue weighted by Crippen LogP contribution is -2.38. The van der Waals surface area contributed by atoms with E-state index in [-0.39, 0.29) is 0 Å². The Morgan fingerprint density at radius 2 is 1.95 bits per heavy atom. The predicted molar refractivity (Wildman–Crippen MR) is 82.3 cm³/mol. The quantitative estimate of drug-likeness (QED) is 0.831. The third-order valence-corrected chi connectivity index (χ3v) is 4.49. The minimum Gasteiger partial charge on any atom is -0.478 e. The number of hydrogen-bond acceptors (Lipinski definition) is 3. The van der Waals surface area contributed by atoms with E-state index in [1.807, 2.05) is 7.05 Å². The van der Waals surface area contributed by atoms with Crippen molar-refractivity contribution in [2.24, 2.45) is 5.41 Å². The smallest absolute Gasteiger partial charge is 0.337 e. The predicted octanol–water partition coefficient (Wildman–Crippen LogP) is 3.37. The van der Waals surface area contributed by atoms with Crippen molar-refractivity contribution >= 4 is 17.3 Å². The Morgan fingerprint density at radius 1 is 1.35 bits per heavy atom. The topological polar surface area (TPSA) is 66.6 Å². The number of nitrogens with two attached hydrogens (primary N) is 1. The Labute approximate surface area is 120 Å². The Morgan fingerprint density at radius 3 is 2.50 bits per heavy atom. The monoisotopic (exact) mass is 276 g/mol. The van der Waals surface area contributed by atoms with Gasteiger partial charge in [0.1, 0.15) is 0 Å². The van der Waals surface area contributed by atoms with Crippen LogP contribution >= 0.6 is 0 Å². The number of hydrogen-bond donors (Lipinski definition) is 2. The van der Waals surface area contributed by atoms with E-state index in [0.29, 0.717) is 22.7 Å². The number of anilines is 2. The van der Waals surface area contributed by atoms with Crippen molar-refractivity contribution in [3.63, 3.8) is 0 Å². The van der Waals surface area contributed by atoms with E-state index in [9.17, 15) is 9.90 Å². The molecule has 0 atom stereocenters. The Hall–Kier alpha value is -1.71. The summed E-state index contributed by atoms with van der Waals surface area (Å²) >= 11 is 0. The lowest BCUT2D eigenvalue weighted by atomic mass is 9.75. The van der Waals surface area contributed by atoms with E-state index >= 15 is 0 Å². The molecule has 4 heteroatoms. The second-order valence-electron chi connectivity index (χ2n) is 6.59. The fourth-order valence-electron chi connectivity index (χ4n) is 2.99. The van der Waals surface area contributed by atoms with E-state index in [2.05, 4.69) is 18.7 Å². The van der Waals surface area contributed by atoms with Gasteiger partial charge in [-0.1, -0.05) is 13.8 Å². The van der Waals surface area contributed by atoms with Crippen molar-refractivity contribution in [1.29, 1.82) is 0 Å². The summed E-state index contributed by atoms with van der Waals surface area (Å²) in [5.41, 5.74) is 7.88. The van der Waals surface area contributed by atoms with Crippen molar-refractivity contribution in [3.8, 4) is 0 Å². The van der Waals surface area contributed by atoms with Crippen LogP contribution in [0.4, 0.5) is 11.4 Å². The van der Waals surface area contributed by atoms with Crippen LogP contribution in [0.3, 0.4) is 0 Å². The largest absolute Gasteiger partial charge is 0.478 e. The van der Waals surface area contributed by atoms with Crippen molar-refractivity contribution in [3.05, 3.63) is 23.8 Å². The Kier molecular flexibility index (Phi) is 3.93. The molecule has 0 aromatic heterocycles. The first-order chi connectivity index (χ1) is 9.30. The Balaban J connectivity index is 2.23. The zero-order valence-electron chi connectivity index (χ0n) is 12.5. The van der Waals surface area contributed by atoms with Gasteiger partial charge in [-0.2, -0.15) is 0 Å². The molecule has 0 spiro atoms. The summed E-state index contributed by atoms with van der Waals surface area (Å²) < 4.78 is 0. The van der Waals surface area contributed by atoms with Gasteiger partial charge in [0.05, 0.1) is 11.3 Å². The first-order valence-electron chi connectivity index (χ1n) is 7.16. The zero-order valence-corrected chi connectivity index (χ0v) is 12.5. The average molecular weight is 276 g/mol. The molecule has 0 radical (unpaired) electrons. The maximum absolute atomic E-state index is 11.4. The molecule has 1 aliphatic carbocycles. The standard InChI is InChI=1S/C16H24N2O2/c1-16(2)8-6-12(7-9-16)18(3)14-10-11(17)4-5-13(14)15(19)20/h4-5,10,12H,6-9,17H2,1-3H3,(H,19,20). The number of benzene rings is 1. The first kappa shape index (κ1) is 14.7. The van der Waals surface area contributed by atoms with Crippen molar-refractivity contribution in [1.82, 2.24) is 0 Å². The molecule has 1 saturated carbocycles. The molecule has 0 aliphatic heterocycles. The van der Waals surface area contributed by atoms with Crippen molar-refractivity contribution in [2.45, 2.75) is 45.6 Å².